The molecule has 1 saturated carbocycles. The molecule has 4 nitrogen and oxygen atoms in total. The van der Waals surface area contributed by atoms with E-state index in [2.05, 4.69) is 4.98 Å². The van der Waals surface area contributed by atoms with Gasteiger partial charge in [0.15, 0.2) is 11.5 Å². The Balaban J connectivity index is 2.25. The molecule has 1 heterocycles. The molecule has 1 aliphatic rings. The van der Waals surface area contributed by atoms with Crippen LogP contribution < -0.4 is 9.47 Å². The summed E-state index contributed by atoms with van der Waals surface area (Å²) in [6.07, 6.45) is 4.01. The molecule has 1 aliphatic carbocycles. The fourth-order valence-electron chi connectivity index (χ4n) is 1.10. The van der Waals surface area contributed by atoms with Crippen LogP contribution in [0.5, 0.6) is 11.5 Å². The SMILES string of the molecule is COc1cc(C#N)ncc1OC1CC1. The lowest BCUT2D eigenvalue weighted by Gasteiger charge is -2.08. The van der Waals surface area contributed by atoms with Gasteiger partial charge in [0, 0.05) is 6.07 Å². The second-order valence-electron chi connectivity index (χ2n) is 3.15. The van der Waals surface area contributed by atoms with Crippen LogP contribution in [0, 0.1) is 11.3 Å². The molecule has 0 aromatic carbocycles. The van der Waals surface area contributed by atoms with Crippen molar-refractivity contribution in [3.8, 4) is 17.6 Å². The minimum absolute atomic E-state index is 0.304. The van der Waals surface area contributed by atoms with Gasteiger partial charge in [-0.25, -0.2) is 4.98 Å². The van der Waals surface area contributed by atoms with Gasteiger partial charge in [-0.2, -0.15) is 5.26 Å². The summed E-state index contributed by atoms with van der Waals surface area (Å²) < 4.78 is 10.7. The van der Waals surface area contributed by atoms with E-state index in [4.69, 9.17) is 14.7 Å². The van der Waals surface area contributed by atoms with Crippen molar-refractivity contribution in [2.24, 2.45) is 0 Å². The van der Waals surface area contributed by atoms with Crippen LogP contribution >= 0.6 is 0 Å². The molecule has 0 spiro atoms. The summed E-state index contributed by atoms with van der Waals surface area (Å²) in [5.41, 5.74) is 0.338. The average molecular weight is 190 g/mol. The first-order valence-electron chi connectivity index (χ1n) is 4.44. The summed E-state index contributed by atoms with van der Waals surface area (Å²) in [4.78, 5) is 3.92. The quantitative estimate of drug-likeness (QED) is 0.724. The molecular formula is C10H10N2O2. The van der Waals surface area contributed by atoms with Gasteiger partial charge >= 0.3 is 0 Å². The maximum absolute atomic E-state index is 8.63. The minimum Gasteiger partial charge on any atom is -0.493 e. The van der Waals surface area contributed by atoms with Crippen molar-refractivity contribution in [2.75, 3.05) is 7.11 Å². The summed E-state index contributed by atoms with van der Waals surface area (Å²) in [5, 5.41) is 8.63. The monoisotopic (exact) mass is 190 g/mol. The van der Waals surface area contributed by atoms with Gasteiger partial charge in [0.25, 0.3) is 0 Å². The maximum atomic E-state index is 8.63. The lowest BCUT2D eigenvalue weighted by molar-refractivity contribution is 0.280. The molecule has 14 heavy (non-hydrogen) atoms. The summed E-state index contributed by atoms with van der Waals surface area (Å²) >= 11 is 0. The molecule has 4 heteroatoms. The number of ether oxygens (including phenoxy) is 2. The molecule has 2 rings (SSSR count). The highest BCUT2D eigenvalue weighted by Gasteiger charge is 2.25. The maximum Gasteiger partial charge on any atom is 0.179 e. The predicted molar refractivity (Wildman–Crippen MR) is 49.2 cm³/mol. The molecule has 0 bridgehead atoms. The summed E-state index contributed by atoms with van der Waals surface area (Å²) in [6, 6.07) is 3.53. The highest BCUT2D eigenvalue weighted by atomic mass is 16.5. The number of nitrogens with zero attached hydrogens (tertiary/aromatic N) is 2. The van der Waals surface area contributed by atoms with Crippen molar-refractivity contribution in [2.45, 2.75) is 18.9 Å². The van der Waals surface area contributed by atoms with E-state index in [1.165, 1.54) is 6.20 Å². The second-order valence-corrected chi connectivity index (χ2v) is 3.15. The van der Waals surface area contributed by atoms with Crippen molar-refractivity contribution in [1.82, 2.24) is 4.98 Å². The van der Waals surface area contributed by atoms with Crippen molar-refractivity contribution in [3.05, 3.63) is 18.0 Å². The van der Waals surface area contributed by atoms with E-state index in [9.17, 15) is 0 Å². The number of methoxy groups -OCH3 is 1. The number of rotatable bonds is 3. The first kappa shape index (κ1) is 8.82. The Morgan fingerprint density at radius 2 is 2.29 bits per heavy atom. The van der Waals surface area contributed by atoms with E-state index in [0.717, 1.165) is 12.8 Å². The van der Waals surface area contributed by atoms with Crippen LogP contribution in [0.4, 0.5) is 0 Å². The normalized spacial score (nSPS) is 14.6. The Labute approximate surface area is 82.1 Å². The highest BCUT2D eigenvalue weighted by Crippen LogP contribution is 2.32. The van der Waals surface area contributed by atoms with Crippen LogP contribution in [0.25, 0.3) is 0 Å². The van der Waals surface area contributed by atoms with Crippen LogP contribution in [-0.4, -0.2) is 18.2 Å². The lowest BCUT2D eigenvalue weighted by atomic mass is 10.3. The van der Waals surface area contributed by atoms with Crippen LogP contribution in [0.1, 0.15) is 18.5 Å². The number of pyridine rings is 1. The minimum atomic E-state index is 0.304. The van der Waals surface area contributed by atoms with Gasteiger partial charge in [0.2, 0.25) is 0 Å². The Bertz CT molecular complexity index is 380. The molecule has 1 fully saturated rings. The fourth-order valence-corrected chi connectivity index (χ4v) is 1.10. The van der Waals surface area contributed by atoms with Crippen LogP contribution in [0.2, 0.25) is 0 Å². The van der Waals surface area contributed by atoms with Gasteiger partial charge in [0.05, 0.1) is 19.4 Å². The summed E-state index contributed by atoms with van der Waals surface area (Å²) in [7, 11) is 1.55. The zero-order valence-electron chi connectivity index (χ0n) is 7.86. The highest BCUT2D eigenvalue weighted by molar-refractivity contribution is 5.42. The van der Waals surface area contributed by atoms with Gasteiger partial charge in [-0.15, -0.1) is 0 Å². The molecule has 72 valence electrons. The van der Waals surface area contributed by atoms with Gasteiger partial charge in [-0.3, -0.25) is 0 Å². The van der Waals surface area contributed by atoms with Crippen molar-refractivity contribution in [3.63, 3.8) is 0 Å². The molecule has 1 aromatic heterocycles. The lowest BCUT2D eigenvalue weighted by Crippen LogP contribution is -1.99. The van der Waals surface area contributed by atoms with E-state index in [1.54, 1.807) is 13.2 Å². The van der Waals surface area contributed by atoms with E-state index in [0.29, 0.717) is 23.3 Å². The zero-order valence-corrected chi connectivity index (χ0v) is 7.86. The Kier molecular flexibility index (Phi) is 2.23. The van der Waals surface area contributed by atoms with E-state index in [1.807, 2.05) is 6.07 Å². The summed E-state index contributed by atoms with van der Waals surface area (Å²) in [5.74, 6) is 1.19. The largest absolute Gasteiger partial charge is 0.493 e. The Hall–Kier alpha value is -1.76. The Morgan fingerprint density at radius 1 is 1.50 bits per heavy atom. The molecule has 0 unspecified atom stereocenters. The van der Waals surface area contributed by atoms with Gasteiger partial charge < -0.3 is 9.47 Å². The third-order valence-corrected chi connectivity index (χ3v) is 1.98. The topological polar surface area (TPSA) is 55.1 Å². The fraction of sp³-hybridized carbons (Fsp3) is 0.400. The van der Waals surface area contributed by atoms with Crippen LogP contribution in [0.15, 0.2) is 12.3 Å². The first-order valence-corrected chi connectivity index (χ1v) is 4.44. The van der Waals surface area contributed by atoms with E-state index < -0.39 is 0 Å². The van der Waals surface area contributed by atoms with Crippen molar-refractivity contribution >= 4 is 0 Å². The molecule has 0 aliphatic heterocycles. The van der Waals surface area contributed by atoms with E-state index in [-0.39, 0.29) is 0 Å². The molecular weight excluding hydrogens is 180 g/mol. The third kappa shape index (κ3) is 1.77. The zero-order chi connectivity index (χ0) is 9.97. The molecule has 0 radical (unpaired) electrons. The number of nitriles is 1. The van der Waals surface area contributed by atoms with Crippen molar-refractivity contribution in [1.29, 1.82) is 5.26 Å². The Morgan fingerprint density at radius 3 is 2.86 bits per heavy atom. The second kappa shape index (κ2) is 3.54. The molecule has 1 aromatic rings. The van der Waals surface area contributed by atoms with Gasteiger partial charge in [-0.05, 0) is 12.8 Å². The average Bonchev–Trinajstić information content (AvgIpc) is 3.02. The number of hydrogen-bond acceptors (Lipinski definition) is 4. The van der Waals surface area contributed by atoms with Crippen LogP contribution in [0.3, 0.4) is 0 Å². The van der Waals surface area contributed by atoms with Gasteiger partial charge in [-0.1, -0.05) is 0 Å². The predicted octanol–water partition coefficient (Wildman–Crippen LogP) is 1.50. The van der Waals surface area contributed by atoms with Gasteiger partial charge in [0.1, 0.15) is 11.8 Å². The first-order chi connectivity index (χ1) is 6.83. The molecule has 0 atom stereocenters. The number of aromatic nitrogens is 1. The smallest absolute Gasteiger partial charge is 0.179 e. The van der Waals surface area contributed by atoms with Crippen molar-refractivity contribution < 1.29 is 9.47 Å². The molecule has 0 N–H and O–H groups in total. The number of hydrogen-bond donors (Lipinski definition) is 0. The van der Waals surface area contributed by atoms with E-state index >= 15 is 0 Å². The molecule has 0 amide bonds. The standard InChI is InChI=1S/C10H10N2O2/c1-13-9-4-7(5-11)12-6-10(9)14-8-2-3-8/h4,6,8H,2-3H2,1H3. The molecule has 0 saturated heterocycles. The summed E-state index contributed by atoms with van der Waals surface area (Å²) in [6.45, 7) is 0. The van der Waals surface area contributed by atoms with Crippen LogP contribution in [-0.2, 0) is 0 Å². The third-order valence-electron chi connectivity index (χ3n) is 1.98.